The summed E-state index contributed by atoms with van der Waals surface area (Å²) in [6.45, 7) is 1.83. The van der Waals surface area contributed by atoms with Crippen molar-refractivity contribution in [3.63, 3.8) is 0 Å². The Morgan fingerprint density at radius 2 is 1.71 bits per heavy atom. The average molecular weight is 392 g/mol. The zero-order valence-electron chi connectivity index (χ0n) is 14.8. The van der Waals surface area contributed by atoms with Crippen molar-refractivity contribution >= 4 is 11.6 Å². The van der Waals surface area contributed by atoms with Gasteiger partial charge in [0.15, 0.2) is 0 Å². The lowest BCUT2D eigenvalue weighted by atomic mass is 9.99. The lowest BCUT2D eigenvalue weighted by Crippen LogP contribution is -2.39. The highest BCUT2D eigenvalue weighted by molar-refractivity contribution is 5.98. The summed E-state index contributed by atoms with van der Waals surface area (Å²) in [5.74, 6) is -1.14. The summed E-state index contributed by atoms with van der Waals surface area (Å²) >= 11 is 0. The first-order chi connectivity index (χ1) is 13.3. The molecular formula is C20H19F3N2O3. The fourth-order valence-corrected chi connectivity index (χ4v) is 4.04. The lowest BCUT2D eigenvalue weighted by Gasteiger charge is -2.26. The van der Waals surface area contributed by atoms with Crippen LogP contribution in [0.4, 0.5) is 18.9 Å². The zero-order valence-corrected chi connectivity index (χ0v) is 14.8. The molecule has 1 N–H and O–H groups in total. The Morgan fingerprint density at radius 3 is 2.32 bits per heavy atom. The van der Waals surface area contributed by atoms with Crippen LogP contribution in [0.15, 0.2) is 54.6 Å². The summed E-state index contributed by atoms with van der Waals surface area (Å²) in [5, 5.41) is 10.7. The van der Waals surface area contributed by atoms with Gasteiger partial charge in [0.25, 0.3) is 0 Å². The highest BCUT2D eigenvalue weighted by Gasteiger charge is 2.52. The molecule has 4 rings (SSSR count). The second-order valence-corrected chi connectivity index (χ2v) is 7.11. The molecule has 5 nitrogen and oxygen atoms in total. The highest BCUT2D eigenvalue weighted by Crippen LogP contribution is 2.39. The Bertz CT molecular complexity index is 842. The number of ether oxygens (including phenoxy) is 1. The molecule has 148 valence electrons. The molecule has 2 saturated heterocycles. The van der Waals surface area contributed by atoms with Crippen molar-refractivity contribution in [1.82, 2.24) is 4.90 Å². The SMILES string of the molecule is O=C1C2CN(Cc3ccccc3)CC2C(O)N1c1ccc(OC(F)(F)F)cc1. The molecule has 3 atom stereocenters. The van der Waals surface area contributed by atoms with Crippen LogP contribution in [0, 0.1) is 11.8 Å². The molecular weight excluding hydrogens is 373 g/mol. The molecule has 2 heterocycles. The Morgan fingerprint density at radius 1 is 1.04 bits per heavy atom. The van der Waals surface area contributed by atoms with Crippen LogP contribution in [0.5, 0.6) is 5.75 Å². The number of aliphatic hydroxyl groups excluding tert-OH is 1. The third-order valence-corrected chi connectivity index (χ3v) is 5.24. The molecule has 2 aromatic carbocycles. The van der Waals surface area contributed by atoms with Crippen molar-refractivity contribution in [2.75, 3.05) is 18.0 Å². The number of anilines is 1. The summed E-state index contributed by atoms with van der Waals surface area (Å²) in [4.78, 5) is 16.3. The molecule has 0 saturated carbocycles. The van der Waals surface area contributed by atoms with Gasteiger partial charge in [-0.05, 0) is 29.8 Å². The van der Waals surface area contributed by atoms with Crippen molar-refractivity contribution < 1.29 is 27.8 Å². The molecule has 2 aliphatic heterocycles. The van der Waals surface area contributed by atoms with E-state index in [9.17, 15) is 23.1 Å². The maximum Gasteiger partial charge on any atom is 0.573 e. The number of benzene rings is 2. The lowest BCUT2D eigenvalue weighted by molar-refractivity contribution is -0.274. The quantitative estimate of drug-likeness (QED) is 0.869. The van der Waals surface area contributed by atoms with Crippen molar-refractivity contribution in [1.29, 1.82) is 0 Å². The molecule has 2 fully saturated rings. The number of carbonyl (C=O) groups excluding carboxylic acids is 1. The zero-order chi connectivity index (χ0) is 19.9. The van der Waals surface area contributed by atoms with Crippen LogP contribution in [-0.4, -0.2) is 41.6 Å². The first kappa shape index (κ1) is 18.8. The fourth-order valence-electron chi connectivity index (χ4n) is 4.04. The first-order valence-corrected chi connectivity index (χ1v) is 8.95. The monoisotopic (exact) mass is 392 g/mol. The van der Waals surface area contributed by atoms with Gasteiger partial charge in [0.2, 0.25) is 5.91 Å². The van der Waals surface area contributed by atoms with E-state index in [2.05, 4.69) is 9.64 Å². The second kappa shape index (κ2) is 7.10. The van der Waals surface area contributed by atoms with E-state index in [-0.39, 0.29) is 23.5 Å². The minimum absolute atomic E-state index is 0.211. The van der Waals surface area contributed by atoms with Gasteiger partial charge in [0, 0.05) is 31.2 Å². The number of halogens is 3. The van der Waals surface area contributed by atoms with Crippen molar-refractivity contribution in [3.8, 4) is 5.75 Å². The summed E-state index contributed by atoms with van der Waals surface area (Å²) in [6.07, 6.45) is -5.78. The predicted octanol–water partition coefficient (Wildman–Crippen LogP) is 3.00. The Balaban J connectivity index is 1.44. The number of carbonyl (C=O) groups is 1. The van der Waals surface area contributed by atoms with Gasteiger partial charge in [-0.3, -0.25) is 14.6 Å². The second-order valence-electron chi connectivity index (χ2n) is 7.11. The van der Waals surface area contributed by atoms with E-state index >= 15 is 0 Å². The maximum atomic E-state index is 12.8. The standard InChI is InChI=1S/C20H19F3N2O3/c21-20(22,23)28-15-8-6-14(7-9-15)25-18(26)16-11-24(12-17(16)19(25)27)10-13-4-2-1-3-5-13/h1-9,16-18,26H,10-12H2. The summed E-state index contributed by atoms with van der Waals surface area (Å²) in [6, 6.07) is 14.9. The number of aliphatic hydroxyl groups is 1. The van der Waals surface area contributed by atoms with E-state index in [0.717, 1.165) is 17.7 Å². The van der Waals surface area contributed by atoms with Gasteiger partial charge < -0.3 is 9.84 Å². The number of nitrogens with zero attached hydrogens (tertiary/aromatic N) is 2. The van der Waals surface area contributed by atoms with Gasteiger partial charge >= 0.3 is 6.36 Å². The number of alkyl halides is 3. The topological polar surface area (TPSA) is 53.0 Å². The normalized spacial score (nSPS) is 25.2. The molecule has 0 radical (unpaired) electrons. The van der Waals surface area contributed by atoms with E-state index in [0.29, 0.717) is 25.3 Å². The van der Waals surface area contributed by atoms with Crippen molar-refractivity contribution in [3.05, 3.63) is 60.2 Å². The minimum atomic E-state index is -4.77. The van der Waals surface area contributed by atoms with E-state index in [4.69, 9.17) is 0 Å². The molecule has 1 amide bonds. The maximum absolute atomic E-state index is 12.8. The molecule has 0 aliphatic carbocycles. The molecule has 0 aromatic heterocycles. The van der Waals surface area contributed by atoms with Crippen molar-refractivity contribution in [2.45, 2.75) is 19.1 Å². The number of hydrogen-bond donors (Lipinski definition) is 1. The third-order valence-electron chi connectivity index (χ3n) is 5.24. The molecule has 2 aliphatic rings. The molecule has 0 bridgehead atoms. The van der Waals surface area contributed by atoms with Gasteiger partial charge in [-0.1, -0.05) is 30.3 Å². The van der Waals surface area contributed by atoms with Gasteiger partial charge in [0.1, 0.15) is 12.0 Å². The van der Waals surface area contributed by atoms with E-state index in [1.807, 2.05) is 30.3 Å². The Kier molecular flexibility index (Phi) is 4.76. The highest BCUT2D eigenvalue weighted by atomic mass is 19.4. The first-order valence-electron chi connectivity index (χ1n) is 8.95. The molecule has 0 spiro atoms. The summed E-state index contributed by atoms with van der Waals surface area (Å²) < 4.78 is 40.7. The summed E-state index contributed by atoms with van der Waals surface area (Å²) in [7, 11) is 0. The van der Waals surface area contributed by atoms with Crippen LogP contribution >= 0.6 is 0 Å². The number of hydrogen-bond acceptors (Lipinski definition) is 4. The number of amides is 1. The predicted molar refractivity (Wildman–Crippen MR) is 95.3 cm³/mol. The van der Waals surface area contributed by atoms with Crippen LogP contribution in [0.2, 0.25) is 0 Å². The van der Waals surface area contributed by atoms with Crippen molar-refractivity contribution in [2.24, 2.45) is 11.8 Å². The number of fused-ring (bicyclic) bond motifs is 1. The summed E-state index contributed by atoms with van der Waals surface area (Å²) in [5.41, 5.74) is 1.50. The van der Waals surface area contributed by atoms with E-state index < -0.39 is 12.6 Å². The van der Waals surface area contributed by atoms with Gasteiger partial charge in [-0.15, -0.1) is 13.2 Å². The molecule has 2 aromatic rings. The van der Waals surface area contributed by atoms with Crippen LogP contribution in [-0.2, 0) is 11.3 Å². The number of rotatable bonds is 4. The van der Waals surface area contributed by atoms with Gasteiger partial charge in [-0.2, -0.15) is 0 Å². The van der Waals surface area contributed by atoms with E-state index in [1.165, 1.54) is 17.0 Å². The van der Waals surface area contributed by atoms with Crippen LogP contribution in [0.1, 0.15) is 5.56 Å². The van der Waals surface area contributed by atoms with Crippen LogP contribution in [0.25, 0.3) is 0 Å². The van der Waals surface area contributed by atoms with Gasteiger partial charge in [0.05, 0.1) is 5.92 Å². The van der Waals surface area contributed by atoms with Crippen LogP contribution in [0.3, 0.4) is 0 Å². The largest absolute Gasteiger partial charge is 0.573 e. The Labute approximate surface area is 159 Å². The van der Waals surface area contributed by atoms with Crippen LogP contribution < -0.4 is 9.64 Å². The fraction of sp³-hybridized carbons (Fsp3) is 0.350. The molecule has 28 heavy (non-hydrogen) atoms. The molecule has 8 heteroatoms. The number of likely N-dealkylation sites (tertiary alicyclic amines) is 1. The third kappa shape index (κ3) is 3.70. The smallest absolute Gasteiger partial charge is 0.406 e. The molecule has 3 unspecified atom stereocenters. The van der Waals surface area contributed by atoms with E-state index in [1.54, 1.807) is 0 Å². The van der Waals surface area contributed by atoms with Gasteiger partial charge in [-0.25, -0.2) is 0 Å². The Hall–Kier alpha value is -2.58. The average Bonchev–Trinajstić information content (AvgIpc) is 3.15. The minimum Gasteiger partial charge on any atom is -0.406 e.